The van der Waals surface area contributed by atoms with Gasteiger partial charge in [-0.05, 0) is 18.7 Å². The van der Waals surface area contributed by atoms with Crippen molar-refractivity contribution < 1.29 is 17.1 Å². The van der Waals surface area contributed by atoms with Crippen molar-refractivity contribution in [1.82, 2.24) is 0 Å². The zero-order valence-electron chi connectivity index (χ0n) is 10.6. The second-order valence-electron chi connectivity index (χ2n) is 3.97. The average Bonchev–Trinajstić information content (AvgIpc) is 3.13. The molecule has 1 nitrogen and oxygen atoms in total. The Morgan fingerprint density at radius 2 is 1.47 bits per heavy atom. The third kappa shape index (κ3) is 6.10. The SMILES string of the molecule is [Fe+2].c1cc[cH-]c1.c1ccc(NC[c-]2cccc2)cc1. The first-order chi connectivity index (χ1) is 8.95. The minimum Gasteiger partial charge on any atom is -0.392 e. The second kappa shape index (κ2) is 9.21. The van der Waals surface area contributed by atoms with Crippen LogP contribution in [-0.4, -0.2) is 0 Å². The first kappa shape index (κ1) is 15.3. The van der Waals surface area contributed by atoms with Gasteiger partial charge in [-0.15, -0.1) is 5.56 Å². The third-order valence-electron chi connectivity index (χ3n) is 2.56. The molecular formula is C17H17FeN. The van der Waals surface area contributed by atoms with Gasteiger partial charge in [0.25, 0.3) is 0 Å². The number of nitrogens with one attached hydrogen (secondary N) is 1. The van der Waals surface area contributed by atoms with Crippen LogP contribution in [0, 0.1) is 0 Å². The number of benzene rings is 1. The largest absolute Gasteiger partial charge is 2.00 e. The minimum atomic E-state index is 0. The van der Waals surface area contributed by atoms with Crippen LogP contribution in [0.2, 0.25) is 0 Å². The molecule has 0 fully saturated rings. The van der Waals surface area contributed by atoms with Crippen LogP contribution in [-0.2, 0) is 23.6 Å². The Morgan fingerprint density at radius 1 is 0.842 bits per heavy atom. The van der Waals surface area contributed by atoms with Gasteiger partial charge >= 0.3 is 17.1 Å². The molecular weight excluding hydrogens is 274 g/mol. The normalized spacial score (nSPS) is 8.84. The predicted octanol–water partition coefficient (Wildman–Crippen LogP) is 4.42. The van der Waals surface area contributed by atoms with Crippen molar-refractivity contribution in [3.05, 3.63) is 90.5 Å². The molecule has 0 amide bonds. The molecule has 0 aliphatic rings. The topological polar surface area (TPSA) is 12.0 Å². The molecule has 19 heavy (non-hydrogen) atoms. The number of para-hydroxylation sites is 1. The van der Waals surface area contributed by atoms with E-state index >= 15 is 0 Å². The molecule has 3 aromatic carbocycles. The van der Waals surface area contributed by atoms with Crippen LogP contribution >= 0.6 is 0 Å². The summed E-state index contributed by atoms with van der Waals surface area (Å²) in [6, 6.07) is 28.6. The average molecular weight is 291 g/mol. The van der Waals surface area contributed by atoms with Crippen molar-refractivity contribution in [3.63, 3.8) is 0 Å². The smallest absolute Gasteiger partial charge is 0.392 e. The van der Waals surface area contributed by atoms with Crippen molar-refractivity contribution in [1.29, 1.82) is 0 Å². The maximum Gasteiger partial charge on any atom is 2.00 e. The Bertz CT molecular complexity index is 480. The Morgan fingerprint density at radius 3 is 2.00 bits per heavy atom. The van der Waals surface area contributed by atoms with Crippen LogP contribution in [0.1, 0.15) is 5.56 Å². The summed E-state index contributed by atoms with van der Waals surface area (Å²) in [6.45, 7) is 0.900. The van der Waals surface area contributed by atoms with Gasteiger partial charge in [-0.2, -0.15) is 30.3 Å². The summed E-state index contributed by atoms with van der Waals surface area (Å²) in [4.78, 5) is 0. The first-order valence-corrected chi connectivity index (χ1v) is 6.11. The van der Waals surface area contributed by atoms with Crippen LogP contribution in [0.25, 0.3) is 0 Å². The molecule has 0 bridgehead atoms. The molecule has 0 radical (unpaired) electrons. The summed E-state index contributed by atoms with van der Waals surface area (Å²) in [6.07, 6.45) is 0. The quantitative estimate of drug-likeness (QED) is 0.556. The van der Waals surface area contributed by atoms with Gasteiger partial charge in [0.05, 0.1) is 0 Å². The van der Waals surface area contributed by atoms with Crippen LogP contribution in [0.5, 0.6) is 0 Å². The Hall–Kier alpha value is -1.76. The summed E-state index contributed by atoms with van der Waals surface area (Å²) in [7, 11) is 0. The van der Waals surface area contributed by atoms with Gasteiger partial charge in [0.15, 0.2) is 0 Å². The number of rotatable bonds is 3. The van der Waals surface area contributed by atoms with E-state index in [9.17, 15) is 0 Å². The van der Waals surface area contributed by atoms with E-state index < -0.39 is 0 Å². The van der Waals surface area contributed by atoms with Gasteiger partial charge in [0.1, 0.15) is 0 Å². The monoisotopic (exact) mass is 291 g/mol. The number of hydrogen-bond acceptors (Lipinski definition) is 1. The molecule has 0 aromatic heterocycles. The molecule has 0 atom stereocenters. The van der Waals surface area contributed by atoms with Crippen LogP contribution in [0.4, 0.5) is 5.69 Å². The maximum atomic E-state index is 3.35. The van der Waals surface area contributed by atoms with E-state index in [0.717, 1.165) is 6.54 Å². The summed E-state index contributed by atoms with van der Waals surface area (Å²) >= 11 is 0. The van der Waals surface area contributed by atoms with Gasteiger partial charge in [-0.1, -0.05) is 18.2 Å². The summed E-state index contributed by atoms with van der Waals surface area (Å²) in [5.74, 6) is 0. The fraction of sp³-hybridized carbons (Fsp3) is 0.0588. The standard InChI is InChI=1S/C12H12N.C5H5.Fe/c1-2-8-12(9-3-1)13-10-11-6-4-5-7-11;1-2-4-5-3-1;/h1-9,13H,10H2;1-5H;/q2*-1;+2. The van der Waals surface area contributed by atoms with E-state index in [-0.39, 0.29) is 17.1 Å². The fourth-order valence-electron chi connectivity index (χ4n) is 1.61. The molecule has 3 rings (SSSR count). The van der Waals surface area contributed by atoms with Crippen molar-refractivity contribution in [2.24, 2.45) is 0 Å². The van der Waals surface area contributed by atoms with E-state index in [0.29, 0.717) is 0 Å². The van der Waals surface area contributed by atoms with Crippen LogP contribution < -0.4 is 5.32 Å². The van der Waals surface area contributed by atoms with E-state index in [1.807, 2.05) is 48.5 Å². The van der Waals surface area contributed by atoms with Crippen molar-refractivity contribution in [2.75, 3.05) is 5.32 Å². The molecule has 0 saturated carbocycles. The van der Waals surface area contributed by atoms with Crippen molar-refractivity contribution >= 4 is 5.69 Å². The molecule has 0 aliphatic carbocycles. The van der Waals surface area contributed by atoms with Crippen LogP contribution in [0.15, 0.2) is 84.9 Å². The molecule has 0 unspecified atom stereocenters. The Kier molecular flexibility index (Phi) is 7.41. The summed E-state index contributed by atoms with van der Waals surface area (Å²) in [5.41, 5.74) is 2.49. The molecule has 3 aromatic rings. The van der Waals surface area contributed by atoms with Gasteiger partial charge in [-0.3, -0.25) is 0 Å². The first-order valence-electron chi connectivity index (χ1n) is 6.11. The Labute approximate surface area is 125 Å². The molecule has 2 heteroatoms. The zero-order valence-corrected chi connectivity index (χ0v) is 11.7. The van der Waals surface area contributed by atoms with E-state index in [1.165, 1.54) is 11.3 Å². The molecule has 98 valence electrons. The van der Waals surface area contributed by atoms with E-state index in [4.69, 9.17) is 0 Å². The molecule has 0 aliphatic heterocycles. The zero-order chi connectivity index (χ0) is 12.5. The molecule has 0 heterocycles. The van der Waals surface area contributed by atoms with E-state index in [2.05, 4.69) is 41.7 Å². The van der Waals surface area contributed by atoms with Gasteiger partial charge in [0, 0.05) is 5.69 Å². The minimum absolute atomic E-state index is 0. The Balaban J connectivity index is 0.000000256. The number of anilines is 1. The van der Waals surface area contributed by atoms with Crippen molar-refractivity contribution in [3.8, 4) is 0 Å². The summed E-state index contributed by atoms with van der Waals surface area (Å²) in [5, 5.41) is 3.35. The fourth-order valence-corrected chi connectivity index (χ4v) is 1.61. The molecule has 0 saturated heterocycles. The number of hydrogen-bond donors (Lipinski definition) is 1. The molecule has 1 N–H and O–H groups in total. The molecule has 0 spiro atoms. The second-order valence-corrected chi connectivity index (χ2v) is 3.97. The maximum absolute atomic E-state index is 3.35. The third-order valence-corrected chi connectivity index (χ3v) is 2.56. The van der Waals surface area contributed by atoms with Crippen molar-refractivity contribution in [2.45, 2.75) is 6.54 Å². The van der Waals surface area contributed by atoms with Gasteiger partial charge < -0.3 is 5.32 Å². The predicted molar refractivity (Wildman–Crippen MR) is 77.8 cm³/mol. The van der Waals surface area contributed by atoms with Gasteiger partial charge in [0.2, 0.25) is 0 Å². The summed E-state index contributed by atoms with van der Waals surface area (Å²) < 4.78 is 0. The van der Waals surface area contributed by atoms with Gasteiger partial charge in [-0.25, -0.2) is 24.3 Å². The van der Waals surface area contributed by atoms with Crippen LogP contribution in [0.3, 0.4) is 0 Å². The van der Waals surface area contributed by atoms with E-state index in [1.54, 1.807) is 0 Å².